The van der Waals surface area contributed by atoms with Crippen LogP contribution in [0, 0.1) is 0 Å². The third-order valence-corrected chi connectivity index (χ3v) is 4.07. The summed E-state index contributed by atoms with van der Waals surface area (Å²) in [6.45, 7) is 3.71. The molecule has 1 rings (SSSR count). The molecular weight excluding hydrogens is 312 g/mol. The van der Waals surface area contributed by atoms with Gasteiger partial charge in [-0.1, -0.05) is 28.1 Å². The van der Waals surface area contributed by atoms with Gasteiger partial charge in [0.2, 0.25) is 5.91 Å². The first-order valence-electron chi connectivity index (χ1n) is 5.72. The van der Waals surface area contributed by atoms with Gasteiger partial charge in [-0.05, 0) is 37.8 Å². The summed E-state index contributed by atoms with van der Waals surface area (Å²) in [7, 11) is 0. The third-order valence-electron chi connectivity index (χ3n) is 2.71. The van der Waals surface area contributed by atoms with Gasteiger partial charge in [-0.2, -0.15) is 11.8 Å². The van der Waals surface area contributed by atoms with Crippen LogP contribution in [-0.4, -0.2) is 24.0 Å². The molecule has 2 atom stereocenters. The number of amides is 1. The van der Waals surface area contributed by atoms with Gasteiger partial charge in [0.1, 0.15) is 5.54 Å². The van der Waals surface area contributed by atoms with Crippen molar-refractivity contribution in [2.24, 2.45) is 5.73 Å². The van der Waals surface area contributed by atoms with Crippen LogP contribution in [0.1, 0.15) is 19.4 Å². The second kappa shape index (κ2) is 6.59. The number of hydrogen-bond donors (Lipinski definition) is 2. The summed E-state index contributed by atoms with van der Waals surface area (Å²) in [4.78, 5) is 12.2. The highest BCUT2D eigenvalue weighted by molar-refractivity contribution is 9.10. The highest BCUT2D eigenvalue weighted by Crippen LogP contribution is 2.20. The molecule has 0 saturated heterocycles. The molecule has 0 bridgehead atoms. The van der Waals surface area contributed by atoms with Gasteiger partial charge in [0, 0.05) is 16.3 Å². The molecule has 1 aromatic carbocycles. The van der Waals surface area contributed by atoms with Crippen molar-refractivity contribution in [3.63, 3.8) is 0 Å². The summed E-state index contributed by atoms with van der Waals surface area (Å²) < 4.78 is 0.971. The van der Waals surface area contributed by atoms with Crippen molar-refractivity contribution in [1.29, 1.82) is 0 Å². The van der Waals surface area contributed by atoms with Crippen LogP contribution in [0.15, 0.2) is 28.7 Å². The summed E-state index contributed by atoms with van der Waals surface area (Å²) in [5, 5.41) is 2.94. The van der Waals surface area contributed by atoms with E-state index in [1.807, 2.05) is 37.4 Å². The summed E-state index contributed by atoms with van der Waals surface area (Å²) in [6.07, 6.45) is 2.01. The van der Waals surface area contributed by atoms with Crippen LogP contribution in [0.25, 0.3) is 0 Å². The molecule has 0 fully saturated rings. The van der Waals surface area contributed by atoms with E-state index in [4.69, 9.17) is 5.73 Å². The van der Waals surface area contributed by atoms with Gasteiger partial charge >= 0.3 is 0 Å². The lowest BCUT2D eigenvalue weighted by molar-refractivity contribution is -0.126. The number of carbonyl (C=O) groups excluding carboxylic acids is 1. The summed E-state index contributed by atoms with van der Waals surface area (Å²) >= 11 is 5.06. The molecule has 0 heterocycles. The van der Waals surface area contributed by atoms with Crippen molar-refractivity contribution >= 4 is 33.6 Å². The second-order valence-corrected chi connectivity index (χ2v) is 6.37. The molecule has 100 valence electrons. The quantitative estimate of drug-likeness (QED) is 0.872. The zero-order chi connectivity index (χ0) is 13.8. The number of thioether (sulfide) groups is 1. The van der Waals surface area contributed by atoms with E-state index in [-0.39, 0.29) is 11.9 Å². The molecule has 0 aliphatic rings. The molecule has 1 aromatic rings. The highest BCUT2D eigenvalue weighted by Gasteiger charge is 2.31. The lowest BCUT2D eigenvalue weighted by Gasteiger charge is -2.26. The molecule has 18 heavy (non-hydrogen) atoms. The third kappa shape index (κ3) is 4.00. The number of nitrogens with one attached hydrogen (secondary N) is 1. The lowest BCUT2D eigenvalue weighted by Crippen LogP contribution is -2.51. The number of carbonyl (C=O) groups is 1. The van der Waals surface area contributed by atoms with Crippen molar-refractivity contribution < 1.29 is 4.79 Å². The number of benzene rings is 1. The monoisotopic (exact) mass is 330 g/mol. The predicted octanol–water partition coefficient (Wildman–Crippen LogP) is 2.49. The Hall–Kier alpha value is -0.520. The van der Waals surface area contributed by atoms with Crippen molar-refractivity contribution in [3.05, 3.63) is 34.3 Å². The Balaban J connectivity index is 2.79. The molecule has 3 N–H and O–H groups in total. The molecule has 3 nitrogen and oxygen atoms in total. The van der Waals surface area contributed by atoms with Crippen molar-refractivity contribution in [2.75, 3.05) is 12.0 Å². The van der Waals surface area contributed by atoms with Gasteiger partial charge in [0.25, 0.3) is 0 Å². The Bertz CT molecular complexity index is 406. The van der Waals surface area contributed by atoms with E-state index in [1.54, 1.807) is 18.7 Å². The maximum absolute atomic E-state index is 12.2. The fraction of sp³-hybridized carbons (Fsp3) is 0.462. The van der Waals surface area contributed by atoms with Crippen LogP contribution >= 0.6 is 27.7 Å². The van der Waals surface area contributed by atoms with Crippen LogP contribution < -0.4 is 11.1 Å². The van der Waals surface area contributed by atoms with Gasteiger partial charge in [-0.15, -0.1) is 0 Å². The first kappa shape index (κ1) is 15.5. The standard InChI is InChI=1S/C13H19BrN2OS/c1-9(8-18-3)16-12(17)13(2,15)10-4-6-11(14)7-5-10/h4-7,9H,8,15H2,1-3H3,(H,16,17). The zero-order valence-electron chi connectivity index (χ0n) is 10.9. The highest BCUT2D eigenvalue weighted by atomic mass is 79.9. The topological polar surface area (TPSA) is 55.1 Å². The van der Waals surface area contributed by atoms with Crippen molar-refractivity contribution in [3.8, 4) is 0 Å². The maximum atomic E-state index is 12.2. The molecule has 0 saturated carbocycles. The summed E-state index contributed by atoms with van der Waals surface area (Å²) in [5.74, 6) is 0.730. The van der Waals surface area contributed by atoms with Gasteiger partial charge < -0.3 is 11.1 Å². The molecule has 2 unspecified atom stereocenters. The molecule has 0 aliphatic carbocycles. The average Bonchev–Trinajstić information content (AvgIpc) is 2.29. The lowest BCUT2D eigenvalue weighted by atomic mass is 9.92. The van der Waals surface area contributed by atoms with Crippen LogP contribution in [0.2, 0.25) is 0 Å². The minimum absolute atomic E-state index is 0.117. The molecule has 1 amide bonds. The molecule has 0 radical (unpaired) electrons. The summed E-state index contributed by atoms with van der Waals surface area (Å²) in [6, 6.07) is 7.62. The Morgan fingerprint density at radius 1 is 1.50 bits per heavy atom. The fourth-order valence-electron chi connectivity index (χ4n) is 1.59. The molecule has 0 aromatic heterocycles. The van der Waals surface area contributed by atoms with E-state index in [1.165, 1.54) is 0 Å². The van der Waals surface area contributed by atoms with Gasteiger partial charge in [0.15, 0.2) is 0 Å². The van der Waals surface area contributed by atoms with E-state index in [2.05, 4.69) is 21.2 Å². The number of rotatable bonds is 5. The van der Waals surface area contributed by atoms with Crippen molar-refractivity contribution in [1.82, 2.24) is 5.32 Å². The van der Waals surface area contributed by atoms with E-state index < -0.39 is 5.54 Å². The second-order valence-electron chi connectivity index (χ2n) is 4.54. The Morgan fingerprint density at radius 2 is 2.06 bits per heavy atom. The normalized spacial score (nSPS) is 15.8. The first-order chi connectivity index (χ1) is 8.37. The molecule has 5 heteroatoms. The summed E-state index contributed by atoms with van der Waals surface area (Å²) in [5.41, 5.74) is 5.94. The van der Waals surface area contributed by atoms with E-state index in [0.29, 0.717) is 0 Å². The number of hydrogen-bond acceptors (Lipinski definition) is 3. The zero-order valence-corrected chi connectivity index (χ0v) is 13.3. The smallest absolute Gasteiger partial charge is 0.244 e. The molecular formula is C13H19BrN2OS. The minimum atomic E-state index is -1.01. The van der Waals surface area contributed by atoms with Crippen LogP contribution in [0.4, 0.5) is 0 Å². The van der Waals surface area contributed by atoms with Crippen LogP contribution in [0.3, 0.4) is 0 Å². The molecule has 0 spiro atoms. The largest absolute Gasteiger partial charge is 0.351 e. The minimum Gasteiger partial charge on any atom is -0.351 e. The van der Waals surface area contributed by atoms with Gasteiger partial charge in [0.05, 0.1) is 0 Å². The van der Waals surface area contributed by atoms with Gasteiger partial charge in [-0.25, -0.2) is 0 Å². The van der Waals surface area contributed by atoms with E-state index in [0.717, 1.165) is 15.8 Å². The first-order valence-corrected chi connectivity index (χ1v) is 7.91. The number of halogens is 1. The predicted molar refractivity (Wildman–Crippen MR) is 81.7 cm³/mol. The van der Waals surface area contributed by atoms with E-state index >= 15 is 0 Å². The van der Waals surface area contributed by atoms with Gasteiger partial charge in [-0.3, -0.25) is 4.79 Å². The Morgan fingerprint density at radius 3 is 2.56 bits per heavy atom. The SMILES string of the molecule is CSCC(C)NC(=O)C(C)(N)c1ccc(Br)cc1. The van der Waals surface area contributed by atoms with E-state index in [9.17, 15) is 4.79 Å². The molecule has 0 aliphatic heterocycles. The Labute approximate surface area is 121 Å². The fourth-order valence-corrected chi connectivity index (χ4v) is 2.44. The Kier molecular flexibility index (Phi) is 5.69. The van der Waals surface area contributed by atoms with Crippen LogP contribution in [-0.2, 0) is 10.3 Å². The van der Waals surface area contributed by atoms with Crippen LogP contribution in [0.5, 0.6) is 0 Å². The number of nitrogens with two attached hydrogens (primary N) is 1. The average molecular weight is 331 g/mol. The maximum Gasteiger partial charge on any atom is 0.244 e. The van der Waals surface area contributed by atoms with Crippen molar-refractivity contribution in [2.45, 2.75) is 25.4 Å².